The Morgan fingerprint density at radius 1 is 1.30 bits per heavy atom. The number of carbonyl (C=O) groups excluding carboxylic acids is 1. The molecule has 128 valence electrons. The molecule has 0 unspecified atom stereocenters. The SMILES string of the molecule is NC1CCN(Cc2ccnc(C(=O)N(CCO)CCO)c2)CC1. The van der Waals surface area contributed by atoms with Crippen LogP contribution in [0, 0.1) is 0 Å². The molecule has 23 heavy (non-hydrogen) atoms. The number of nitrogens with two attached hydrogens (primary N) is 1. The molecular formula is C16H26N4O3. The molecule has 1 aliphatic heterocycles. The quantitative estimate of drug-likeness (QED) is 0.621. The van der Waals surface area contributed by atoms with Crippen molar-refractivity contribution in [3.8, 4) is 0 Å². The molecule has 4 N–H and O–H groups in total. The number of aliphatic hydroxyl groups is 2. The highest BCUT2D eigenvalue weighted by Gasteiger charge is 2.19. The zero-order valence-electron chi connectivity index (χ0n) is 13.4. The van der Waals surface area contributed by atoms with Crippen LogP contribution in [-0.2, 0) is 6.54 Å². The van der Waals surface area contributed by atoms with Crippen LogP contribution in [0.25, 0.3) is 0 Å². The third-order valence-corrected chi connectivity index (χ3v) is 4.11. The van der Waals surface area contributed by atoms with E-state index >= 15 is 0 Å². The minimum atomic E-state index is -0.268. The third-order valence-electron chi connectivity index (χ3n) is 4.11. The second-order valence-corrected chi connectivity index (χ2v) is 5.90. The van der Waals surface area contributed by atoms with Crippen molar-refractivity contribution in [3.63, 3.8) is 0 Å². The van der Waals surface area contributed by atoms with Crippen molar-refractivity contribution in [2.24, 2.45) is 5.73 Å². The molecule has 1 amide bonds. The lowest BCUT2D eigenvalue weighted by Crippen LogP contribution is -2.39. The van der Waals surface area contributed by atoms with Gasteiger partial charge in [0.15, 0.2) is 0 Å². The molecule has 1 aromatic rings. The largest absolute Gasteiger partial charge is 0.395 e. The second kappa shape index (κ2) is 8.93. The van der Waals surface area contributed by atoms with Crippen LogP contribution in [0.1, 0.15) is 28.9 Å². The lowest BCUT2D eigenvalue weighted by molar-refractivity contribution is 0.0678. The number of amides is 1. The van der Waals surface area contributed by atoms with Gasteiger partial charge in [-0.15, -0.1) is 0 Å². The van der Waals surface area contributed by atoms with Crippen LogP contribution in [0.5, 0.6) is 0 Å². The smallest absolute Gasteiger partial charge is 0.272 e. The van der Waals surface area contributed by atoms with Gasteiger partial charge in [0.05, 0.1) is 13.2 Å². The van der Waals surface area contributed by atoms with Crippen molar-refractivity contribution in [3.05, 3.63) is 29.6 Å². The minimum Gasteiger partial charge on any atom is -0.395 e. The van der Waals surface area contributed by atoms with Gasteiger partial charge in [-0.2, -0.15) is 0 Å². The summed E-state index contributed by atoms with van der Waals surface area (Å²) >= 11 is 0. The molecule has 0 radical (unpaired) electrons. The first-order valence-electron chi connectivity index (χ1n) is 8.08. The van der Waals surface area contributed by atoms with Crippen molar-refractivity contribution in [1.29, 1.82) is 0 Å². The summed E-state index contributed by atoms with van der Waals surface area (Å²) in [4.78, 5) is 20.3. The summed E-state index contributed by atoms with van der Waals surface area (Å²) in [6.45, 7) is 2.81. The maximum absolute atomic E-state index is 12.4. The predicted octanol–water partition coefficient (Wildman–Crippen LogP) is -0.568. The molecule has 0 aromatic carbocycles. The summed E-state index contributed by atoms with van der Waals surface area (Å²) in [6.07, 6.45) is 3.63. The van der Waals surface area contributed by atoms with Gasteiger partial charge in [0.25, 0.3) is 5.91 Å². The molecule has 7 nitrogen and oxygen atoms in total. The summed E-state index contributed by atoms with van der Waals surface area (Å²) in [6, 6.07) is 4.00. The molecule has 2 heterocycles. The van der Waals surface area contributed by atoms with Crippen LogP contribution in [0.15, 0.2) is 18.3 Å². The molecule has 1 saturated heterocycles. The van der Waals surface area contributed by atoms with E-state index in [2.05, 4.69) is 9.88 Å². The summed E-state index contributed by atoms with van der Waals surface area (Å²) in [7, 11) is 0. The molecular weight excluding hydrogens is 296 g/mol. The van der Waals surface area contributed by atoms with Crippen LogP contribution in [0.4, 0.5) is 0 Å². The fourth-order valence-corrected chi connectivity index (χ4v) is 2.78. The van der Waals surface area contributed by atoms with E-state index in [1.54, 1.807) is 12.3 Å². The first kappa shape index (κ1) is 17.8. The standard InChI is InChI=1S/C16H26N4O3/c17-14-2-5-19(6-3-14)12-13-1-4-18-15(11-13)16(23)20(7-9-21)8-10-22/h1,4,11,14,21-22H,2-3,5-10,12,17H2. The first-order chi connectivity index (χ1) is 11.1. The molecule has 7 heteroatoms. The zero-order valence-corrected chi connectivity index (χ0v) is 13.4. The van der Waals surface area contributed by atoms with Crippen molar-refractivity contribution in [1.82, 2.24) is 14.8 Å². The average Bonchev–Trinajstić information content (AvgIpc) is 2.56. The van der Waals surface area contributed by atoms with E-state index in [0.717, 1.165) is 38.0 Å². The van der Waals surface area contributed by atoms with Gasteiger partial charge in [0.2, 0.25) is 0 Å². The molecule has 0 saturated carbocycles. The molecule has 0 bridgehead atoms. The molecule has 2 rings (SSSR count). The summed E-state index contributed by atoms with van der Waals surface area (Å²) in [5.74, 6) is -0.268. The predicted molar refractivity (Wildman–Crippen MR) is 86.8 cm³/mol. The van der Waals surface area contributed by atoms with Crippen molar-refractivity contribution in [2.45, 2.75) is 25.4 Å². The van der Waals surface area contributed by atoms with Gasteiger partial charge >= 0.3 is 0 Å². The Hall–Kier alpha value is -1.54. The van der Waals surface area contributed by atoms with Crippen LogP contribution in [0.2, 0.25) is 0 Å². The highest BCUT2D eigenvalue weighted by atomic mass is 16.3. The van der Waals surface area contributed by atoms with Crippen LogP contribution >= 0.6 is 0 Å². The van der Waals surface area contributed by atoms with Gasteiger partial charge in [0, 0.05) is 31.9 Å². The Kier molecular flexibility index (Phi) is 6.91. The Morgan fingerprint density at radius 3 is 2.57 bits per heavy atom. The Morgan fingerprint density at radius 2 is 1.96 bits per heavy atom. The first-order valence-corrected chi connectivity index (χ1v) is 8.08. The lowest BCUT2D eigenvalue weighted by atomic mass is 10.1. The molecule has 0 spiro atoms. The van der Waals surface area contributed by atoms with Gasteiger partial charge < -0.3 is 20.8 Å². The maximum Gasteiger partial charge on any atom is 0.272 e. The number of aliphatic hydroxyl groups excluding tert-OH is 2. The second-order valence-electron chi connectivity index (χ2n) is 5.90. The van der Waals surface area contributed by atoms with Gasteiger partial charge in [-0.05, 0) is 43.6 Å². The topological polar surface area (TPSA) is 103 Å². The van der Waals surface area contributed by atoms with Crippen molar-refractivity contribution in [2.75, 3.05) is 39.4 Å². The molecule has 1 fully saturated rings. The van der Waals surface area contributed by atoms with E-state index < -0.39 is 0 Å². The van der Waals surface area contributed by atoms with E-state index in [1.165, 1.54) is 4.90 Å². The molecule has 0 atom stereocenters. The lowest BCUT2D eigenvalue weighted by Gasteiger charge is -2.30. The summed E-state index contributed by atoms with van der Waals surface area (Å²) < 4.78 is 0. The molecule has 0 aliphatic carbocycles. The number of carbonyl (C=O) groups is 1. The van der Waals surface area contributed by atoms with Gasteiger partial charge in [-0.1, -0.05) is 0 Å². The highest BCUT2D eigenvalue weighted by Crippen LogP contribution is 2.13. The Labute approximate surface area is 136 Å². The van der Waals surface area contributed by atoms with E-state index in [4.69, 9.17) is 15.9 Å². The number of hydrogen-bond donors (Lipinski definition) is 3. The third kappa shape index (κ3) is 5.24. The van der Waals surface area contributed by atoms with Crippen molar-refractivity contribution >= 4 is 5.91 Å². The molecule has 1 aliphatic rings. The fraction of sp³-hybridized carbons (Fsp3) is 0.625. The van der Waals surface area contributed by atoms with E-state index in [0.29, 0.717) is 11.7 Å². The Bertz CT molecular complexity index is 498. The van der Waals surface area contributed by atoms with Crippen LogP contribution < -0.4 is 5.73 Å². The summed E-state index contributed by atoms with van der Waals surface area (Å²) in [5, 5.41) is 18.1. The number of hydrogen-bond acceptors (Lipinski definition) is 6. The minimum absolute atomic E-state index is 0.139. The van der Waals surface area contributed by atoms with E-state index in [-0.39, 0.29) is 32.2 Å². The van der Waals surface area contributed by atoms with Crippen molar-refractivity contribution < 1.29 is 15.0 Å². The van der Waals surface area contributed by atoms with Gasteiger partial charge in [-0.25, -0.2) is 0 Å². The Balaban J connectivity index is 2.02. The number of rotatable bonds is 7. The number of likely N-dealkylation sites (tertiary alicyclic amines) is 1. The van der Waals surface area contributed by atoms with Gasteiger partial charge in [0.1, 0.15) is 5.69 Å². The molecule has 1 aromatic heterocycles. The normalized spacial score (nSPS) is 16.5. The van der Waals surface area contributed by atoms with Crippen LogP contribution in [0.3, 0.4) is 0 Å². The van der Waals surface area contributed by atoms with Gasteiger partial charge in [-0.3, -0.25) is 14.7 Å². The maximum atomic E-state index is 12.4. The van der Waals surface area contributed by atoms with E-state index in [1.807, 2.05) is 6.07 Å². The average molecular weight is 322 g/mol. The number of piperidine rings is 1. The van der Waals surface area contributed by atoms with E-state index in [9.17, 15) is 4.79 Å². The number of aromatic nitrogens is 1. The van der Waals surface area contributed by atoms with Crippen LogP contribution in [-0.4, -0.2) is 76.3 Å². The monoisotopic (exact) mass is 322 g/mol. The zero-order chi connectivity index (χ0) is 16.7. The summed E-state index contributed by atoms with van der Waals surface area (Å²) in [5.41, 5.74) is 7.30. The fourth-order valence-electron chi connectivity index (χ4n) is 2.78. The number of nitrogens with zero attached hydrogens (tertiary/aromatic N) is 3. The highest BCUT2D eigenvalue weighted by molar-refractivity contribution is 5.92. The number of pyridine rings is 1.